The van der Waals surface area contributed by atoms with Crippen molar-refractivity contribution in [3.63, 3.8) is 0 Å². The SMILES string of the molecule is COc1cccc(C(CNC(=O)CCNS(=O)(=O)c2ccc(C(C)(C)C)cc2)N(C)C)c1. The third-order valence-electron chi connectivity index (χ3n) is 5.27. The van der Waals surface area contributed by atoms with Crippen molar-refractivity contribution in [3.8, 4) is 5.75 Å². The van der Waals surface area contributed by atoms with Crippen LogP contribution in [0.4, 0.5) is 0 Å². The first-order valence-corrected chi connectivity index (χ1v) is 12.1. The maximum absolute atomic E-state index is 12.5. The Kier molecular flexibility index (Phi) is 8.83. The first-order chi connectivity index (χ1) is 14.9. The molecule has 32 heavy (non-hydrogen) atoms. The fraction of sp³-hybridized carbons (Fsp3) is 0.458. The van der Waals surface area contributed by atoms with Crippen LogP contribution in [0.2, 0.25) is 0 Å². The van der Waals surface area contributed by atoms with Crippen molar-refractivity contribution in [2.24, 2.45) is 0 Å². The highest BCUT2D eigenvalue weighted by molar-refractivity contribution is 7.89. The second-order valence-corrected chi connectivity index (χ2v) is 10.7. The summed E-state index contributed by atoms with van der Waals surface area (Å²) in [6.45, 7) is 6.65. The zero-order valence-corrected chi connectivity index (χ0v) is 20.6. The van der Waals surface area contributed by atoms with Crippen LogP contribution in [-0.2, 0) is 20.2 Å². The van der Waals surface area contributed by atoms with Crippen molar-refractivity contribution >= 4 is 15.9 Å². The molecule has 7 nitrogen and oxygen atoms in total. The number of rotatable bonds is 10. The van der Waals surface area contributed by atoms with Gasteiger partial charge in [0, 0.05) is 19.5 Å². The molecule has 0 aliphatic carbocycles. The predicted molar refractivity (Wildman–Crippen MR) is 127 cm³/mol. The number of methoxy groups -OCH3 is 1. The predicted octanol–water partition coefficient (Wildman–Crippen LogP) is 3.08. The topological polar surface area (TPSA) is 87.7 Å². The van der Waals surface area contributed by atoms with E-state index in [2.05, 4.69) is 30.8 Å². The fourth-order valence-corrected chi connectivity index (χ4v) is 4.29. The first-order valence-electron chi connectivity index (χ1n) is 10.6. The second-order valence-electron chi connectivity index (χ2n) is 8.98. The van der Waals surface area contributed by atoms with Crippen LogP contribution in [-0.4, -0.2) is 53.5 Å². The molecule has 2 N–H and O–H groups in total. The van der Waals surface area contributed by atoms with Gasteiger partial charge in [-0.2, -0.15) is 0 Å². The summed E-state index contributed by atoms with van der Waals surface area (Å²) >= 11 is 0. The van der Waals surface area contributed by atoms with Crippen molar-refractivity contribution in [1.82, 2.24) is 14.9 Å². The molecule has 0 aliphatic rings. The molecule has 0 bridgehead atoms. The van der Waals surface area contributed by atoms with E-state index in [0.717, 1.165) is 16.9 Å². The van der Waals surface area contributed by atoms with E-state index < -0.39 is 10.0 Å². The highest BCUT2D eigenvalue weighted by Crippen LogP contribution is 2.24. The van der Waals surface area contributed by atoms with Crippen LogP contribution in [0.5, 0.6) is 5.75 Å². The number of nitrogens with zero attached hydrogens (tertiary/aromatic N) is 1. The van der Waals surface area contributed by atoms with Gasteiger partial charge in [0.05, 0.1) is 18.0 Å². The Labute approximate surface area is 192 Å². The van der Waals surface area contributed by atoms with E-state index in [4.69, 9.17) is 4.74 Å². The lowest BCUT2D eigenvalue weighted by atomic mass is 9.87. The quantitative estimate of drug-likeness (QED) is 0.568. The van der Waals surface area contributed by atoms with Gasteiger partial charge in [0.2, 0.25) is 15.9 Å². The Bertz CT molecular complexity index is 997. The lowest BCUT2D eigenvalue weighted by Crippen LogP contribution is -2.36. The number of nitrogens with one attached hydrogen (secondary N) is 2. The molecule has 2 aromatic rings. The summed E-state index contributed by atoms with van der Waals surface area (Å²) in [6, 6.07) is 14.5. The molecule has 0 heterocycles. The molecule has 0 aromatic heterocycles. The van der Waals surface area contributed by atoms with Crippen molar-refractivity contribution in [1.29, 1.82) is 0 Å². The van der Waals surface area contributed by atoms with Crippen LogP contribution in [0, 0.1) is 0 Å². The average molecular weight is 462 g/mol. The molecule has 0 spiro atoms. The Balaban J connectivity index is 1.89. The molecule has 0 aliphatic heterocycles. The molecule has 176 valence electrons. The first kappa shape index (κ1) is 25.8. The third-order valence-corrected chi connectivity index (χ3v) is 6.75. The monoisotopic (exact) mass is 461 g/mol. The molecule has 1 amide bonds. The molecule has 0 fully saturated rings. The fourth-order valence-electron chi connectivity index (χ4n) is 3.26. The number of carbonyl (C=O) groups excluding carboxylic acids is 1. The molecule has 0 radical (unpaired) electrons. The minimum Gasteiger partial charge on any atom is -0.497 e. The van der Waals surface area contributed by atoms with Crippen LogP contribution in [0.1, 0.15) is 44.4 Å². The molecule has 1 atom stereocenters. The average Bonchev–Trinajstić information content (AvgIpc) is 2.73. The molecular formula is C24H35N3O4S. The van der Waals surface area contributed by atoms with E-state index in [0.29, 0.717) is 6.54 Å². The van der Waals surface area contributed by atoms with E-state index in [1.54, 1.807) is 19.2 Å². The lowest BCUT2D eigenvalue weighted by Gasteiger charge is -2.25. The van der Waals surface area contributed by atoms with E-state index in [1.165, 1.54) is 0 Å². The molecule has 1 unspecified atom stereocenters. The van der Waals surface area contributed by atoms with Gasteiger partial charge >= 0.3 is 0 Å². The van der Waals surface area contributed by atoms with Gasteiger partial charge in [-0.05, 0) is 54.9 Å². The van der Waals surface area contributed by atoms with E-state index >= 15 is 0 Å². The van der Waals surface area contributed by atoms with Crippen molar-refractivity contribution in [2.45, 2.75) is 43.5 Å². The van der Waals surface area contributed by atoms with Gasteiger partial charge < -0.3 is 15.0 Å². The van der Waals surface area contributed by atoms with Crippen molar-refractivity contribution < 1.29 is 17.9 Å². The van der Waals surface area contributed by atoms with Crippen LogP contribution >= 0.6 is 0 Å². The van der Waals surface area contributed by atoms with Gasteiger partial charge in [-0.15, -0.1) is 0 Å². The largest absolute Gasteiger partial charge is 0.497 e. The molecule has 8 heteroatoms. The zero-order valence-electron chi connectivity index (χ0n) is 19.8. The highest BCUT2D eigenvalue weighted by atomic mass is 32.2. The minimum atomic E-state index is -3.67. The maximum atomic E-state index is 12.5. The molecule has 2 rings (SSSR count). The lowest BCUT2D eigenvalue weighted by molar-refractivity contribution is -0.121. The number of benzene rings is 2. The van der Waals surface area contributed by atoms with Gasteiger partial charge in [0.25, 0.3) is 0 Å². The number of hydrogen-bond acceptors (Lipinski definition) is 5. The normalized spacial score (nSPS) is 13.1. The Hall–Kier alpha value is -2.42. The molecule has 0 saturated carbocycles. The van der Waals surface area contributed by atoms with E-state index in [9.17, 15) is 13.2 Å². The number of ether oxygens (including phenoxy) is 1. The summed E-state index contributed by atoms with van der Waals surface area (Å²) in [6.07, 6.45) is 0.0531. The van der Waals surface area contributed by atoms with E-state index in [1.807, 2.05) is 55.4 Å². The standard InChI is InChI=1S/C24H35N3O4S/c1-24(2,3)19-10-12-21(13-11-19)32(29,30)26-15-14-23(28)25-17-22(27(4)5)18-8-7-9-20(16-18)31-6/h7-13,16,22,26H,14-15,17H2,1-6H3,(H,25,28). The number of hydrogen-bond donors (Lipinski definition) is 2. The number of carbonyl (C=O) groups is 1. The van der Waals surface area contributed by atoms with Crippen LogP contribution < -0.4 is 14.8 Å². The third kappa shape index (κ3) is 7.32. The van der Waals surface area contributed by atoms with Gasteiger partial charge in [0.1, 0.15) is 5.75 Å². The number of amides is 1. The molecular weight excluding hydrogens is 426 g/mol. The zero-order chi connectivity index (χ0) is 23.9. The number of sulfonamides is 1. The van der Waals surface area contributed by atoms with Crippen molar-refractivity contribution in [3.05, 3.63) is 59.7 Å². The van der Waals surface area contributed by atoms with Crippen LogP contribution in [0.3, 0.4) is 0 Å². The summed E-state index contributed by atoms with van der Waals surface area (Å²) in [5.41, 5.74) is 2.03. The molecule has 0 saturated heterocycles. The van der Waals surface area contributed by atoms with Crippen LogP contribution in [0.15, 0.2) is 53.4 Å². The van der Waals surface area contributed by atoms with Gasteiger partial charge in [-0.25, -0.2) is 13.1 Å². The van der Waals surface area contributed by atoms with Gasteiger partial charge in [-0.1, -0.05) is 45.0 Å². The van der Waals surface area contributed by atoms with Crippen LogP contribution in [0.25, 0.3) is 0 Å². The van der Waals surface area contributed by atoms with Gasteiger partial charge in [-0.3, -0.25) is 4.79 Å². The minimum absolute atomic E-state index is 0.0287. The summed E-state index contributed by atoms with van der Waals surface area (Å²) in [7, 11) is 1.83. The van der Waals surface area contributed by atoms with Gasteiger partial charge in [0.15, 0.2) is 0 Å². The summed E-state index contributed by atoms with van der Waals surface area (Å²) in [5, 5.41) is 2.89. The maximum Gasteiger partial charge on any atom is 0.240 e. The smallest absolute Gasteiger partial charge is 0.240 e. The summed E-state index contributed by atoms with van der Waals surface area (Å²) in [5.74, 6) is 0.538. The Morgan fingerprint density at radius 3 is 2.31 bits per heavy atom. The van der Waals surface area contributed by atoms with E-state index in [-0.39, 0.29) is 35.2 Å². The van der Waals surface area contributed by atoms with Crippen molar-refractivity contribution in [2.75, 3.05) is 34.3 Å². The highest BCUT2D eigenvalue weighted by Gasteiger charge is 2.19. The summed E-state index contributed by atoms with van der Waals surface area (Å²) in [4.78, 5) is 14.5. The summed E-state index contributed by atoms with van der Waals surface area (Å²) < 4.78 is 32.8. The molecule has 2 aromatic carbocycles. The second kappa shape index (κ2) is 10.9. The Morgan fingerprint density at radius 2 is 1.75 bits per heavy atom. The Morgan fingerprint density at radius 1 is 1.09 bits per heavy atom. The number of likely N-dealkylation sites (N-methyl/N-ethyl adjacent to an activating group) is 1.